The molecule has 2 atom stereocenters. The van der Waals surface area contributed by atoms with Crippen LogP contribution in [-0.4, -0.2) is 49.1 Å². The van der Waals surface area contributed by atoms with Crippen LogP contribution >= 0.6 is 0 Å². The van der Waals surface area contributed by atoms with E-state index in [0.29, 0.717) is 12.0 Å². The Kier molecular flexibility index (Phi) is 4.62. The fraction of sp³-hybridized carbons (Fsp3) is 0.929. The van der Waals surface area contributed by atoms with Crippen LogP contribution in [0, 0.1) is 5.92 Å². The maximum absolute atomic E-state index is 11.9. The molecule has 18 heavy (non-hydrogen) atoms. The predicted octanol–water partition coefficient (Wildman–Crippen LogP) is 0.973. The van der Waals surface area contributed by atoms with Gasteiger partial charge in [0.15, 0.2) is 0 Å². The van der Waals surface area contributed by atoms with E-state index in [0.717, 1.165) is 19.0 Å². The number of carbonyl (C=O) groups is 1. The molecular formula is C14H27N3O. The van der Waals surface area contributed by atoms with Crippen LogP contribution in [0.15, 0.2) is 0 Å². The predicted molar refractivity (Wildman–Crippen MR) is 73.4 cm³/mol. The molecule has 0 spiro atoms. The third-order valence-corrected chi connectivity index (χ3v) is 3.99. The summed E-state index contributed by atoms with van der Waals surface area (Å²) >= 11 is 0. The summed E-state index contributed by atoms with van der Waals surface area (Å²) in [5.74, 6) is 0.675. The normalized spacial score (nSPS) is 26.6. The third-order valence-electron chi connectivity index (χ3n) is 3.99. The first-order chi connectivity index (χ1) is 8.60. The molecule has 1 heterocycles. The topological polar surface area (TPSA) is 44.4 Å². The van der Waals surface area contributed by atoms with E-state index >= 15 is 0 Å². The summed E-state index contributed by atoms with van der Waals surface area (Å²) in [7, 11) is 1.72. The molecule has 104 valence electrons. The largest absolute Gasteiger partial charge is 0.358 e. The van der Waals surface area contributed by atoms with Gasteiger partial charge in [0.1, 0.15) is 0 Å². The van der Waals surface area contributed by atoms with Gasteiger partial charge in [0.25, 0.3) is 0 Å². The number of amides is 1. The van der Waals surface area contributed by atoms with E-state index in [-0.39, 0.29) is 11.9 Å². The number of carbonyl (C=O) groups excluding carboxylic acids is 1. The number of rotatable bonds is 6. The van der Waals surface area contributed by atoms with Gasteiger partial charge in [-0.3, -0.25) is 9.69 Å². The molecule has 1 saturated carbocycles. The van der Waals surface area contributed by atoms with E-state index in [9.17, 15) is 4.79 Å². The van der Waals surface area contributed by atoms with Crippen molar-refractivity contribution in [1.29, 1.82) is 0 Å². The maximum atomic E-state index is 11.9. The Morgan fingerprint density at radius 1 is 1.33 bits per heavy atom. The lowest BCUT2D eigenvalue weighted by Gasteiger charge is -2.23. The average Bonchev–Trinajstić information content (AvgIpc) is 3.08. The summed E-state index contributed by atoms with van der Waals surface area (Å²) in [6.45, 7) is 6.66. The molecule has 0 bridgehead atoms. The molecule has 1 aliphatic carbocycles. The van der Waals surface area contributed by atoms with Gasteiger partial charge in [0.2, 0.25) is 5.91 Å². The molecule has 2 aliphatic rings. The summed E-state index contributed by atoms with van der Waals surface area (Å²) in [5, 5.41) is 6.33. The van der Waals surface area contributed by atoms with E-state index in [2.05, 4.69) is 29.4 Å². The average molecular weight is 253 g/mol. The van der Waals surface area contributed by atoms with Gasteiger partial charge in [-0.05, 0) is 31.6 Å². The van der Waals surface area contributed by atoms with Gasteiger partial charge >= 0.3 is 0 Å². The lowest BCUT2D eigenvalue weighted by Crippen LogP contribution is -2.49. The van der Waals surface area contributed by atoms with Crippen molar-refractivity contribution in [1.82, 2.24) is 15.5 Å². The number of nitrogens with one attached hydrogen (secondary N) is 2. The molecule has 0 aromatic rings. The Bertz CT molecular complexity index is 289. The molecule has 2 unspecified atom stereocenters. The molecule has 1 saturated heterocycles. The number of hydrogen-bond donors (Lipinski definition) is 2. The zero-order valence-corrected chi connectivity index (χ0v) is 11.9. The molecule has 0 aromatic heterocycles. The Balaban J connectivity index is 1.82. The SMILES string of the molecule is CNC(=O)C(CC(C)C)NC1CCN(C2CC2)C1. The minimum Gasteiger partial charge on any atom is -0.358 e. The van der Waals surface area contributed by atoms with E-state index in [4.69, 9.17) is 0 Å². The third kappa shape index (κ3) is 3.69. The van der Waals surface area contributed by atoms with Crippen molar-refractivity contribution in [3.05, 3.63) is 0 Å². The van der Waals surface area contributed by atoms with Crippen molar-refractivity contribution in [2.24, 2.45) is 5.92 Å². The smallest absolute Gasteiger partial charge is 0.236 e. The molecule has 4 nitrogen and oxygen atoms in total. The summed E-state index contributed by atoms with van der Waals surface area (Å²) in [6.07, 6.45) is 4.84. The molecular weight excluding hydrogens is 226 g/mol. The zero-order valence-electron chi connectivity index (χ0n) is 11.9. The fourth-order valence-electron chi connectivity index (χ4n) is 2.88. The quantitative estimate of drug-likeness (QED) is 0.741. The lowest BCUT2D eigenvalue weighted by molar-refractivity contribution is -0.123. The second kappa shape index (κ2) is 6.02. The van der Waals surface area contributed by atoms with Crippen LogP contribution < -0.4 is 10.6 Å². The van der Waals surface area contributed by atoms with Crippen LogP contribution in [0.2, 0.25) is 0 Å². The minimum absolute atomic E-state index is 0.0286. The maximum Gasteiger partial charge on any atom is 0.236 e. The van der Waals surface area contributed by atoms with Crippen molar-refractivity contribution in [2.45, 2.75) is 57.7 Å². The second-order valence-electron chi connectivity index (χ2n) is 6.17. The van der Waals surface area contributed by atoms with E-state index in [1.54, 1.807) is 7.05 Å². The Morgan fingerprint density at radius 3 is 2.61 bits per heavy atom. The first-order valence-electron chi connectivity index (χ1n) is 7.31. The van der Waals surface area contributed by atoms with E-state index in [1.165, 1.54) is 25.8 Å². The highest BCUT2D eigenvalue weighted by Crippen LogP contribution is 2.29. The highest BCUT2D eigenvalue weighted by atomic mass is 16.2. The van der Waals surface area contributed by atoms with Crippen molar-refractivity contribution < 1.29 is 4.79 Å². The number of hydrogen-bond acceptors (Lipinski definition) is 3. The van der Waals surface area contributed by atoms with E-state index in [1.807, 2.05) is 0 Å². The summed E-state index contributed by atoms with van der Waals surface area (Å²) in [6, 6.07) is 1.31. The van der Waals surface area contributed by atoms with Gasteiger partial charge in [-0.2, -0.15) is 0 Å². The van der Waals surface area contributed by atoms with Gasteiger partial charge in [-0.1, -0.05) is 13.8 Å². The second-order valence-corrected chi connectivity index (χ2v) is 6.17. The standard InChI is InChI=1S/C14H27N3O/c1-10(2)8-13(14(18)15-3)16-11-6-7-17(9-11)12-4-5-12/h10-13,16H,4-9H2,1-3H3,(H,15,18). The van der Waals surface area contributed by atoms with Crippen molar-refractivity contribution >= 4 is 5.91 Å². The lowest BCUT2D eigenvalue weighted by atomic mass is 10.0. The number of nitrogens with zero attached hydrogens (tertiary/aromatic N) is 1. The molecule has 1 amide bonds. The minimum atomic E-state index is -0.0286. The van der Waals surface area contributed by atoms with Gasteiger partial charge in [-0.15, -0.1) is 0 Å². The number of likely N-dealkylation sites (tertiary alicyclic amines) is 1. The Morgan fingerprint density at radius 2 is 2.06 bits per heavy atom. The fourth-order valence-corrected chi connectivity index (χ4v) is 2.88. The molecule has 0 radical (unpaired) electrons. The van der Waals surface area contributed by atoms with Crippen LogP contribution in [0.3, 0.4) is 0 Å². The first kappa shape index (κ1) is 13.8. The highest BCUT2D eigenvalue weighted by molar-refractivity contribution is 5.81. The first-order valence-corrected chi connectivity index (χ1v) is 7.31. The zero-order chi connectivity index (χ0) is 13.1. The van der Waals surface area contributed by atoms with Gasteiger partial charge in [0.05, 0.1) is 6.04 Å². The molecule has 2 N–H and O–H groups in total. The Hall–Kier alpha value is -0.610. The molecule has 0 aromatic carbocycles. The van der Waals surface area contributed by atoms with Gasteiger partial charge < -0.3 is 10.6 Å². The van der Waals surface area contributed by atoms with E-state index < -0.39 is 0 Å². The van der Waals surface area contributed by atoms with Crippen LogP contribution in [0.4, 0.5) is 0 Å². The highest BCUT2D eigenvalue weighted by Gasteiger charge is 2.35. The molecule has 2 fully saturated rings. The van der Waals surface area contributed by atoms with Gasteiger partial charge in [0, 0.05) is 32.2 Å². The monoisotopic (exact) mass is 253 g/mol. The Labute approximate surface area is 110 Å². The molecule has 2 rings (SSSR count). The summed E-state index contributed by atoms with van der Waals surface area (Å²) in [5.41, 5.74) is 0. The number of likely N-dealkylation sites (N-methyl/N-ethyl adjacent to an activating group) is 1. The summed E-state index contributed by atoms with van der Waals surface area (Å²) < 4.78 is 0. The molecule has 1 aliphatic heterocycles. The van der Waals surface area contributed by atoms with Crippen molar-refractivity contribution in [2.75, 3.05) is 20.1 Å². The molecule has 4 heteroatoms. The van der Waals surface area contributed by atoms with Gasteiger partial charge in [-0.25, -0.2) is 0 Å². The van der Waals surface area contributed by atoms with Crippen LogP contribution in [0.5, 0.6) is 0 Å². The van der Waals surface area contributed by atoms with Crippen LogP contribution in [-0.2, 0) is 4.79 Å². The van der Waals surface area contributed by atoms with Crippen molar-refractivity contribution in [3.8, 4) is 0 Å². The summed E-state index contributed by atoms with van der Waals surface area (Å²) in [4.78, 5) is 14.5. The van der Waals surface area contributed by atoms with Crippen LogP contribution in [0.1, 0.15) is 39.5 Å². The van der Waals surface area contributed by atoms with Crippen LogP contribution in [0.25, 0.3) is 0 Å². The van der Waals surface area contributed by atoms with Crippen molar-refractivity contribution in [3.63, 3.8) is 0 Å².